The number of hydrogen-bond donors (Lipinski definition) is 0. The van der Waals surface area contributed by atoms with Gasteiger partial charge in [0, 0.05) is 18.1 Å². The molecule has 0 spiro atoms. The van der Waals surface area contributed by atoms with E-state index in [4.69, 9.17) is 62.7 Å². The molecule has 2 aliphatic rings. The summed E-state index contributed by atoms with van der Waals surface area (Å²) >= 11 is 32.9. The van der Waals surface area contributed by atoms with Crippen LogP contribution in [-0.2, 0) is 19.6 Å². The van der Waals surface area contributed by atoms with Crippen molar-refractivity contribution in [1.82, 2.24) is 4.90 Å². The number of sulfonamides is 1. The van der Waals surface area contributed by atoms with Crippen LogP contribution in [0.3, 0.4) is 0 Å². The van der Waals surface area contributed by atoms with E-state index in [0.29, 0.717) is 31.3 Å². The molecule has 0 bridgehead atoms. The van der Waals surface area contributed by atoms with Crippen molar-refractivity contribution in [3.05, 3.63) is 40.0 Å². The van der Waals surface area contributed by atoms with Crippen molar-refractivity contribution in [2.45, 2.75) is 12.1 Å². The van der Waals surface area contributed by atoms with Crippen molar-refractivity contribution in [2.24, 2.45) is 4.40 Å². The summed E-state index contributed by atoms with van der Waals surface area (Å²) in [7, 11) is -4.25. The first kappa shape index (κ1) is 23.8. The Morgan fingerprint density at radius 1 is 1.07 bits per heavy atom. The number of carbonyl (C=O) groups is 1. The fourth-order valence-electron chi connectivity index (χ4n) is 2.74. The molecule has 1 atom stereocenters. The molecule has 158 valence electrons. The van der Waals surface area contributed by atoms with Crippen molar-refractivity contribution in [2.75, 3.05) is 26.3 Å². The smallest absolute Gasteiger partial charge is 0.282 e. The lowest BCUT2D eigenvalue weighted by molar-refractivity contribution is -0.118. The molecule has 6 nitrogen and oxygen atoms in total. The van der Waals surface area contributed by atoms with Gasteiger partial charge in [0.05, 0.1) is 23.1 Å². The number of benzene rings is 1. The first-order valence-electron chi connectivity index (χ1n) is 8.04. The number of morpholine rings is 1. The fourth-order valence-corrected chi connectivity index (χ4v) is 5.99. The van der Waals surface area contributed by atoms with E-state index >= 15 is 0 Å². The number of halogens is 6. The van der Waals surface area contributed by atoms with Crippen LogP contribution in [0.5, 0.6) is 0 Å². The summed E-state index contributed by atoms with van der Waals surface area (Å²) in [4.78, 5) is 14.5. The third kappa shape index (κ3) is 4.41. The Kier molecular flexibility index (Phi) is 7.08. The molecule has 1 unspecified atom stereocenters. The Morgan fingerprint density at radius 2 is 1.62 bits per heavy atom. The molecule has 3 rings (SSSR count). The summed E-state index contributed by atoms with van der Waals surface area (Å²) in [6, 6.07) is 5.38. The monoisotopic (exact) mass is 630 g/mol. The summed E-state index contributed by atoms with van der Waals surface area (Å²) in [6.45, 7) is 1.39. The third-order valence-electron chi connectivity index (χ3n) is 4.26. The van der Waals surface area contributed by atoms with Crippen molar-refractivity contribution in [3.8, 4) is 0 Å². The predicted molar refractivity (Wildman–Crippen MR) is 123 cm³/mol. The molecular formula is C16H12Cl5IN2O4S. The number of rotatable bonds is 3. The lowest BCUT2D eigenvalue weighted by Gasteiger charge is -2.41. The standard InChI is InChI=1S/C16H12Cl5IN2O4S/c17-9-1-3-10(4-2-9)29(26,27)23-13-11(18)12(24-5-7-28-8-6-24)14(25)15(19,20)16(13,21)22/h1-4H,5-8H2/b23-13-. The fraction of sp³-hybridized carbons (Fsp3) is 0.375. The van der Waals surface area contributed by atoms with Crippen LogP contribution in [0.4, 0.5) is 0 Å². The van der Waals surface area contributed by atoms with E-state index in [2.05, 4.69) is 4.40 Å². The van der Waals surface area contributed by atoms with E-state index < -0.39 is 23.0 Å². The van der Waals surface area contributed by atoms with E-state index in [-0.39, 0.29) is 21.3 Å². The molecule has 0 radical (unpaired) electrons. The van der Waals surface area contributed by atoms with Crippen LogP contribution in [0.1, 0.15) is 0 Å². The SMILES string of the molecule is O=C1C(N2CCOCC2)=C(Cl)/C(=N/S(=O)(=O)c2ccc(Cl)cc2)C(Cl)(I)C1(Cl)Cl. The topological polar surface area (TPSA) is 76.0 Å². The van der Waals surface area contributed by atoms with Gasteiger partial charge in [-0.25, -0.2) is 0 Å². The lowest BCUT2D eigenvalue weighted by Crippen LogP contribution is -2.56. The van der Waals surface area contributed by atoms with E-state index in [0.717, 1.165) is 0 Å². The summed E-state index contributed by atoms with van der Waals surface area (Å²) < 4.78 is 30.6. The highest BCUT2D eigenvalue weighted by atomic mass is 127. The summed E-state index contributed by atoms with van der Waals surface area (Å²) in [5.74, 6) is -0.736. The van der Waals surface area contributed by atoms with E-state index in [9.17, 15) is 13.2 Å². The van der Waals surface area contributed by atoms with E-state index in [1.54, 1.807) is 27.5 Å². The van der Waals surface area contributed by atoms with Gasteiger partial charge in [-0.3, -0.25) is 4.79 Å². The Hall–Kier alpha value is 0.190. The number of ketones is 1. The second-order valence-electron chi connectivity index (χ2n) is 6.11. The minimum absolute atomic E-state index is 0.0436. The number of allylic oxidation sites excluding steroid dienone is 2. The molecule has 0 aromatic heterocycles. The summed E-state index contributed by atoms with van der Waals surface area (Å²) in [5, 5.41) is 0.129. The molecule has 1 aliphatic heterocycles. The molecule has 1 fully saturated rings. The number of Topliss-reactive ketones (excluding diaryl/α,β-unsaturated/α-hetero) is 1. The Bertz CT molecular complexity index is 1000. The minimum Gasteiger partial charge on any atom is -0.378 e. The first-order valence-corrected chi connectivity index (χ1v) is 12.4. The second-order valence-corrected chi connectivity index (χ2v) is 12.7. The van der Waals surface area contributed by atoms with Crippen LogP contribution >= 0.6 is 80.6 Å². The zero-order chi connectivity index (χ0) is 21.6. The van der Waals surface area contributed by atoms with Gasteiger partial charge in [-0.2, -0.15) is 12.8 Å². The van der Waals surface area contributed by atoms with Gasteiger partial charge in [0.15, 0.2) is 2.88 Å². The molecule has 0 N–H and O–H groups in total. The third-order valence-corrected chi connectivity index (χ3v) is 9.68. The maximum atomic E-state index is 13.0. The molecule has 1 saturated heterocycles. The molecule has 1 heterocycles. The second kappa shape index (κ2) is 8.61. The first-order chi connectivity index (χ1) is 13.4. The molecular weight excluding hydrogens is 620 g/mol. The highest BCUT2D eigenvalue weighted by Crippen LogP contribution is 2.53. The van der Waals surface area contributed by atoms with Gasteiger partial charge < -0.3 is 9.64 Å². The van der Waals surface area contributed by atoms with Crippen molar-refractivity contribution in [3.63, 3.8) is 0 Å². The van der Waals surface area contributed by atoms with Gasteiger partial charge in [0.1, 0.15) is 11.4 Å². The van der Waals surface area contributed by atoms with Crippen LogP contribution < -0.4 is 0 Å². The number of alkyl halides is 4. The molecule has 1 aliphatic carbocycles. The largest absolute Gasteiger partial charge is 0.378 e. The van der Waals surface area contributed by atoms with Crippen LogP contribution in [0.15, 0.2) is 44.3 Å². The van der Waals surface area contributed by atoms with Crippen LogP contribution in [-0.4, -0.2) is 58.3 Å². The summed E-state index contributed by atoms with van der Waals surface area (Å²) in [6.07, 6.45) is 0. The Morgan fingerprint density at radius 3 is 2.17 bits per heavy atom. The molecule has 1 aromatic rings. The number of nitrogens with zero attached hydrogens (tertiary/aromatic N) is 2. The van der Waals surface area contributed by atoms with Crippen molar-refractivity contribution >= 4 is 102 Å². The molecule has 0 amide bonds. The Labute approximate surface area is 206 Å². The average Bonchev–Trinajstić information content (AvgIpc) is 2.66. The predicted octanol–water partition coefficient (Wildman–Crippen LogP) is 4.38. The normalized spacial score (nSPS) is 26.9. The highest BCUT2D eigenvalue weighted by molar-refractivity contribution is 14.1. The number of ether oxygens (including phenoxy) is 1. The van der Waals surface area contributed by atoms with Crippen LogP contribution in [0.2, 0.25) is 5.02 Å². The number of carbonyl (C=O) groups excluding carboxylic acids is 1. The van der Waals surface area contributed by atoms with Crippen LogP contribution in [0.25, 0.3) is 0 Å². The lowest BCUT2D eigenvalue weighted by atomic mass is 9.98. The molecule has 13 heteroatoms. The van der Waals surface area contributed by atoms with E-state index in [1.165, 1.54) is 24.3 Å². The summed E-state index contributed by atoms with van der Waals surface area (Å²) in [5.41, 5.74) is -0.375. The van der Waals surface area contributed by atoms with Crippen LogP contribution in [0, 0.1) is 0 Å². The van der Waals surface area contributed by atoms with Crippen molar-refractivity contribution in [1.29, 1.82) is 0 Å². The van der Waals surface area contributed by atoms with Gasteiger partial charge >= 0.3 is 0 Å². The molecule has 1 aromatic carbocycles. The highest BCUT2D eigenvalue weighted by Gasteiger charge is 2.62. The quantitative estimate of drug-likeness (QED) is 0.366. The van der Waals surface area contributed by atoms with Gasteiger partial charge in [-0.15, -0.1) is 0 Å². The van der Waals surface area contributed by atoms with E-state index in [1.807, 2.05) is 0 Å². The van der Waals surface area contributed by atoms with Crippen molar-refractivity contribution < 1.29 is 17.9 Å². The average molecular weight is 633 g/mol. The van der Waals surface area contributed by atoms with Gasteiger partial charge in [-0.05, 0) is 46.9 Å². The minimum atomic E-state index is -4.25. The van der Waals surface area contributed by atoms with Gasteiger partial charge in [-0.1, -0.05) is 58.0 Å². The van der Waals surface area contributed by atoms with Gasteiger partial charge in [0.2, 0.25) is 10.1 Å². The zero-order valence-corrected chi connectivity index (χ0v) is 21.1. The zero-order valence-electron chi connectivity index (χ0n) is 14.3. The maximum absolute atomic E-state index is 13.0. The molecule has 0 saturated carbocycles. The molecule has 29 heavy (non-hydrogen) atoms. The Balaban J connectivity index is 2.20. The van der Waals surface area contributed by atoms with Gasteiger partial charge in [0.25, 0.3) is 10.0 Å². The number of hydrogen-bond acceptors (Lipinski definition) is 5. The maximum Gasteiger partial charge on any atom is 0.282 e.